The maximum atomic E-state index is 9.15. The quantitative estimate of drug-likeness (QED) is 0.276. The predicted molar refractivity (Wildman–Crippen MR) is 117 cm³/mol. The van der Waals surface area contributed by atoms with Gasteiger partial charge in [-0.15, -0.1) is 11.6 Å². The third-order valence-corrected chi connectivity index (χ3v) is 5.43. The van der Waals surface area contributed by atoms with Gasteiger partial charge in [0, 0.05) is 10.6 Å². The molecule has 0 saturated heterocycles. The van der Waals surface area contributed by atoms with Crippen LogP contribution in [0.5, 0.6) is 11.5 Å². The second kappa shape index (κ2) is 9.94. The van der Waals surface area contributed by atoms with Crippen molar-refractivity contribution in [2.24, 2.45) is 0 Å². The fourth-order valence-corrected chi connectivity index (χ4v) is 4.14. The largest absolute Gasteiger partial charge is 0.450 e. The molecule has 3 rings (SSSR count). The van der Waals surface area contributed by atoms with E-state index in [-0.39, 0.29) is 15.9 Å². The van der Waals surface area contributed by atoms with Crippen molar-refractivity contribution in [2.75, 3.05) is 0 Å². The van der Waals surface area contributed by atoms with Gasteiger partial charge in [0.15, 0.2) is 0 Å². The molecule has 30 heavy (non-hydrogen) atoms. The number of alkyl halides is 1. The first-order chi connectivity index (χ1) is 14.5. The highest BCUT2D eigenvalue weighted by molar-refractivity contribution is 6.41. The molecule has 0 amide bonds. The van der Waals surface area contributed by atoms with Crippen LogP contribution in [-0.4, -0.2) is 0 Å². The van der Waals surface area contributed by atoms with Gasteiger partial charge in [-0.25, -0.2) is 0 Å². The molecular formula is C22H12Cl4N2O2. The summed E-state index contributed by atoms with van der Waals surface area (Å²) >= 11 is 25.2. The topological polar surface area (TPSA) is 66.0 Å². The number of benzene rings is 3. The lowest BCUT2D eigenvalue weighted by Crippen LogP contribution is -2.17. The van der Waals surface area contributed by atoms with Gasteiger partial charge >= 0.3 is 0 Å². The van der Waals surface area contributed by atoms with E-state index in [0.29, 0.717) is 38.8 Å². The summed E-state index contributed by atoms with van der Waals surface area (Å²) in [5.74, 6) is 0.789. The monoisotopic (exact) mass is 476 g/mol. The number of hydrogen-bond donors (Lipinski definition) is 0. The zero-order valence-corrected chi connectivity index (χ0v) is 18.2. The Morgan fingerprint density at radius 2 is 1.33 bits per heavy atom. The van der Waals surface area contributed by atoms with Gasteiger partial charge < -0.3 is 9.47 Å². The maximum Gasteiger partial charge on any atom is 0.270 e. The minimum Gasteiger partial charge on any atom is -0.450 e. The van der Waals surface area contributed by atoms with Crippen molar-refractivity contribution in [1.29, 1.82) is 10.5 Å². The molecule has 0 atom stereocenters. The standard InChI is InChI=1S/C22H12Cl4N2O2/c23-10-17-18(24)9-19(25)20(21(17)26)22(29-15-5-1-3-13(7-15)11-27)30-16-6-2-4-14(8-16)12-28/h1-9,22H,10H2. The average molecular weight is 478 g/mol. The van der Waals surface area contributed by atoms with Crippen LogP contribution in [-0.2, 0) is 5.88 Å². The van der Waals surface area contributed by atoms with Gasteiger partial charge in [0.25, 0.3) is 6.29 Å². The van der Waals surface area contributed by atoms with E-state index in [4.69, 9.17) is 66.4 Å². The Hall–Kier alpha value is -2.60. The van der Waals surface area contributed by atoms with Crippen molar-refractivity contribution in [3.05, 3.63) is 91.9 Å². The molecule has 4 nitrogen and oxygen atoms in total. The van der Waals surface area contributed by atoms with E-state index >= 15 is 0 Å². The second-order valence-electron chi connectivity index (χ2n) is 6.03. The van der Waals surface area contributed by atoms with Gasteiger partial charge in [-0.1, -0.05) is 46.9 Å². The van der Waals surface area contributed by atoms with Crippen LogP contribution in [0.4, 0.5) is 0 Å². The maximum absolute atomic E-state index is 9.15. The summed E-state index contributed by atoms with van der Waals surface area (Å²) in [6.45, 7) is 0. The second-order valence-corrected chi connectivity index (χ2v) is 7.49. The molecule has 0 aliphatic rings. The molecule has 0 saturated carbocycles. The van der Waals surface area contributed by atoms with Gasteiger partial charge in [-0.3, -0.25) is 0 Å². The van der Waals surface area contributed by atoms with Crippen LogP contribution < -0.4 is 9.47 Å². The SMILES string of the molecule is N#Cc1cccc(OC(Oc2cccc(C#N)c2)c2c(Cl)cc(Cl)c(CCl)c2Cl)c1. The summed E-state index contributed by atoms with van der Waals surface area (Å²) in [4.78, 5) is 0. The summed E-state index contributed by atoms with van der Waals surface area (Å²) in [5, 5.41) is 19.1. The van der Waals surface area contributed by atoms with Crippen LogP contribution in [0, 0.1) is 22.7 Å². The van der Waals surface area contributed by atoms with Crippen LogP contribution in [0.2, 0.25) is 15.1 Å². The van der Waals surface area contributed by atoms with Gasteiger partial charge in [-0.05, 0) is 42.5 Å². The minimum absolute atomic E-state index is 0.0579. The molecule has 0 N–H and O–H groups in total. The van der Waals surface area contributed by atoms with Crippen molar-refractivity contribution in [1.82, 2.24) is 0 Å². The van der Waals surface area contributed by atoms with Crippen LogP contribution in [0.25, 0.3) is 0 Å². The number of ether oxygens (including phenoxy) is 2. The van der Waals surface area contributed by atoms with Crippen LogP contribution in [0.15, 0.2) is 54.6 Å². The molecule has 0 heterocycles. The number of halogens is 4. The summed E-state index contributed by atoms with van der Waals surface area (Å²) in [5.41, 5.74) is 1.62. The molecule has 0 bridgehead atoms. The lowest BCUT2D eigenvalue weighted by Gasteiger charge is -2.24. The summed E-state index contributed by atoms with van der Waals surface area (Å²) in [6, 6.07) is 18.7. The molecule has 0 fully saturated rings. The fraction of sp³-hybridized carbons (Fsp3) is 0.0909. The summed E-state index contributed by atoms with van der Waals surface area (Å²) < 4.78 is 12.0. The zero-order valence-electron chi connectivity index (χ0n) is 15.2. The molecule has 0 radical (unpaired) electrons. The molecule has 3 aromatic carbocycles. The van der Waals surface area contributed by atoms with E-state index in [0.717, 1.165) is 0 Å². The molecule has 150 valence electrons. The molecule has 8 heteroatoms. The Balaban J connectivity index is 2.10. The Morgan fingerprint density at radius 3 is 1.80 bits per heavy atom. The number of hydrogen-bond acceptors (Lipinski definition) is 4. The highest BCUT2D eigenvalue weighted by Gasteiger charge is 2.26. The molecule has 0 aliphatic heterocycles. The first kappa shape index (κ1) is 22.1. The van der Waals surface area contributed by atoms with Crippen LogP contribution in [0.3, 0.4) is 0 Å². The Kier molecular flexibility index (Phi) is 7.32. The average Bonchev–Trinajstić information content (AvgIpc) is 2.74. The lowest BCUT2D eigenvalue weighted by atomic mass is 10.1. The van der Waals surface area contributed by atoms with E-state index in [1.165, 1.54) is 6.07 Å². The van der Waals surface area contributed by atoms with Gasteiger partial charge in [0.05, 0.1) is 44.8 Å². The van der Waals surface area contributed by atoms with E-state index in [1.807, 2.05) is 12.1 Å². The molecule has 0 aromatic heterocycles. The Bertz CT molecular complexity index is 1110. The normalized spacial score (nSPS) is 10.4. The van der Waals surface area contributed by atoms with Crippen LogP contribution in [0.1, 0.15) is 28.5 Å². The molecule has 0 unspecified atom stereocenters. The van der Waals surface area contributed by atoms with Crippen molar-refractivity contribution >= 4 is 46.4 Å². The Labute approximate surface area is 193 Å². The summed E-state index contributed by atoms with van der Waals surface area (Å²) in [7, 11) is 0. The fourth-order valence-electron chi connectivity index (χ4n) is 2.65. The highest BCUT2D eigenvalue weighted by atomic mass is 35.5. The molecule has 0 aliphatic carbocycles. The zero-order chi connectivity index (χ0) is 21.7. The lowest BCUT2D eigenvalue weighted by molar-refractivity contribution is 0.00392. The Morgan fingerprint density at radius 1 is 0.800 bits per heavy atom. The van der Waals surface area contributed by atoms with Gasteiger partial charge in [-0.2, -0.15) is 10.5 Å². The summed E-state index contributed by atoms with van der Waals surface area (Å²) in [6.07, 6.45) is -1.10. The number of nitrogens with zero attached hydrogens (tertiary/aromatic N) is 2. The van der Waals surface area contributed by atoms with Gasteiger partial charge in [0.2, 0.25) is 0 Å². The van der Waals surface area contributed by atoms with Gasteiger partial charge in [0.1, 0.15) is 11.5 Å². The smallest absolute Gasteiger partial charge is 0.270 e. The van der Waals surface area contributed by atoms with Crippen molar-refractivity contribution in [3.63, 3.8) is 0 Å². The van der Waals surface area contributed by atoms with E-state index < -0.39 is 6.29 Å². The van der Waals surface area contributed by atoms with E-state index in [2.05, 4.69) is 0 Å². The predicted octanol–water partition coefficient (Wildman–Crippen LogP) is 7.29. The number of rotatable bonds is 6. The third-order valence-electron chi connectivity index (χ3n) is 4.08. The first-order valence-corrected chi connectivity index (χ1v) is 10.2. The van der Waals surface area contributed by atoms with E-state index in [1.54, 1.807) is 48.5 Å². The highest BCUT2D eigenvalue weighted by Crippen LogP contribution is 2.40. The minimum atomic E-state index is -1.10. The molecular weight excluding hydrogens is 466 g/mol. The van der Waals surface area contributed by atoms with Crippen LogP contribution >= 0.6 is 46.4 Å². The van der Waals surface area contributed by atoms with Crippen molar-refractivity contribution in [2.45, 2.75) is 12.2 Å². The molecule has 0 spiro atoms. The van der Waals surface area contributed by atoms with Crippen molar-refractivity contribution in [3.8, 4) is 23.6 Å². The van der Waals surface area contributed by atoms with Crippen molar-refractivity contribution < 1.29 is 9.47 Å². The first-order valence-electron chi connectivity index (χ1n) is 8.52. The number of nitriles is 2. The van der Waals surface area contributed by atoms with E-state index in [9.17, 15) is 0 Å². The third kappa shape index (κ3) is 4.93. The molecule has 3 aromatic rings.